The maximum absolute atomic E-state index is 13.0. The second-order valence-corrected chi connectivity index (χ2v) is 6.10. The van der Waals surface area contributed by atoms with Crippen LogP contribution in [0.3, 0.4) is 0 Å². The van der Waals surface area contributed by atoms with E-state index in [0.717, 1.165) is 4.90 Å². The molecule has 8 heteroatoms. The Morgan fingerprint density at radius 3 is 2.32 bits per heavy atom. The predicted molar refractivity (Wildman–Crippen MR) is 101 cm³/mol. The van der Waals surface area contributed by atoms with E-state index in [1.54, 1.807) is 42.5 Å². The smallest absolute Gasteiger partial charge is 0.335 e. The first-order valence-electron chi connectivity index (χ1n) is 8.52. The number of carbonyl (C=O) groups excluding carboxylic acids is 3. The van der Waals surface area contributed by atoms with Gasteiger partial charge in [-0.25, -0.2) is 9.69 Å². The van der Waals surface area contributed by atoms with E-state index in [-0.39, 0.29) is 6.42 Å². The van der Waals surface area contributed by atoms with Crippen LogP contribution >= 0.6 is 0 Å². The highest BCUT2D eigenvalue weighted by Crippen LogP contribution is 2.30. The van der Waals surface area contributed by atoms with Crippen molar-refractivity contribution in [2.24, 2.45) is 5.92 Å². The third kappa shape index (κ3) is 3.62. The summed E-state index contributed by atoms with van der Waals surface area (Å²) >= 11 is 0. The molecule has 0 aliphatic carbocycles. The van der Waals surface area contributed by atoms with Gasteiger partial charge in [0.05, 0.1) is 27.0 Å². The van der Waals surface area contributed by atoms with Crippen molar-refractivity contribution in [2.75, 3.05) is 26.2 Å². The maximum Gasteiger partial charge on any atom is 0.335 e. The van der Waals surface area contributed by atoms with E-state index in [9.17, 15) is 14.4 Å². The number of nitrogens with one attached hydrogen (secondary N) is 1. The van der Waals surface area contributed by atoms with Crippen molar-refractivity contribution in [3.05, 3.63) is 48.0 Å². The standard InChI is InChI=1S/C20H20N2O6/c1-26-14-6-4-5-13(10-14)22-19(24)16(18(23)21-20(22)25)9-12-7-8-15(27-2)11-17(12)28-3/h4-8,10-11,16H,9H2,1-3H3,(H,21,23,25). The third-order valence-electron chi connectivity index (χ3n) is 4.50. The van der Waals surface area contributed by atoms with Crippen molar-refractivity contribution in [1.29, 1.82) is 0 Å². The molecule has 146 valence electrons. The summed E-state index contributed by atoms with van der Waals surface area (Å²) < 4.78 is 15.7. The Morgan fingerprint density at radius 1 is 0.929 bits per heavy atom. The second-order valence-electron chi connectivity index (χ2n) is 6.10. The summed E-state index contributed by atoms with van der Waals surface area (Å²) in [6.07, 6.45) is 0.0750. The normalized spacial score (nSPS) is 16.6. The molecule has 1 N–H and O–H groups in total. The molecule has 0 saturated carbocycles. The van der Waals surface area contributed by atoms with Gasteiger partial charge >= 0.3 is 6.03 Å². The Morgan fingerprint density at radius 2 is 1.64 bits per heavy atom. The second kappa shape index (κ2) is 7.99. The summed E-state index contributed by atoms with van der Waals surface area (Å²) in [6, 6.07) is 10.8. The fourth-order valence-electron chi connectivity index (χ4n) is 3.03. The van der Waals surface area contributed by atoms with Crippen molar-refractivity contribution >= 4 is 23.5 Å². The molecule has 3 rings (SSSR count). The number of imide groups is 2. The largest absolute Gasteiger partial charge is 0.497 e. The lowest BCUT2D eigenvalue weighted by Crippen LogP contribution is -2.58. The van der Waals surface area contributed by atoms with Gasteiger partial charge in [0.15, 0.2) is 0 Å². The molecule has 1 atom stereocenters. The fourth-order valence-corrected chi connectivity index (χ4v) is 3.03. The highest BCUT2D eigenvalue weighted by Gasteiger charge is 2.41. The van der Waals surface area contributed by atoms with Crippen LogP contribution in [0.15, 0.2) is 42.5 Å². The van der Waals surface area contributed by atoms with Gasteiger partial charge in [0.2, 0.25) is 11.8 Å². The Bertz CT molecular complexity index is 927. The molecule has 0 bridgehead atoms. The molecule has 1 fully saturated rings. The molecule has 2 aromatic rings. The van der Waals surface area contributed by atoms with Crippen molar-refractivity contribution in [3.63, 3.8) is 0 Å². The average molecular weight is 384 g/mol. The van der Waals surface area contributed by atoms with Crippen LogP contribution in [0.5, 0.6) is 17.2 Å². The Balaban J connectivity index is 1.92. The number of nitrogens with zero attached hydrogens (tertiary/aromatic N) is 1. The predicted octanol–water partition coefficient (Wildman–Crippen LogP) is 2.15. The molecule has 0 radical (unpaired) electrons. The summed E-state index contributed by atoms with van der Waals surface area (Å²) in [6.45, 7) is 0. The van der Waals surface area contributed by atoms with Crippen LogP contribution in [-0.2, 0) is 16.0 Å². The van der Waals surface area contributed by atoms with Gasteiger partial charge in [0.25, 0.3) is 0 Å². The zero-order valence-electron chi connectivity index (χ0n) is 15.7. The topological polar surface area (TPSA) is 94.2 Å². The molecule has 8 nitrogen and oxygen atoms in total. The molecular formula is C20H20N2O6. The molecule has 1 saturated heterocycles. The monoisotopic (exact) mass is 384 g/mol. The van der Waals surface area contributed by atoms with Crippen LogP contribution in [0.2, 0.25) is 0 Å². The summed E-state index contributed by atoms with van der Waals surface area (Å²) in [5.74, 6) is -0.764. The molecule has 1 aliphatic heterocycles. The van der Waals surface area contributed by atoms with Crippen molar-refractivity contribution in [3.8, 4) is 17.2 Å². The zero-order chi connectivity index (χ0) is 20.3. The maximum atomic E-state index is 13.0. The number of amides is 4. The Kier molecular flexibility index (Phi) is 5.49. The first-order valence-corrected chi connectivity index (χ1v) is 8.52. The lowest BCUT2D eigenvalue weighted by Gasteiger charge is -2.30. The highest BCUT2D eigenvalue weighted by molar-refractivity contribution is 6.27. The van der Waals surface area contributed by atoms with Crippen LogP contribution in [-0.4, -0.2) is 39.2 Å². The van der Waals surface area contributed by atoms with Crippen molar-refractivity contribution < 1.29 is 28.6 Å². The molecule has 1 unspecified atom stereocenters. The Hall–Kier alpha value is -3.55. The first kappa shape index (κ1) is 19.2. The average Bonchev–Trinajstić information content (AvgIpc) is 2.71. The number of barbiturate groups is 1. The van der Waals surface area contributed by atoms with Crippen LogP contribution in [0.25, 0.3) is 0 Å². The quantitative estimate of drug-likeness (QED) is 0.767. The number of rotatable bonds is 6. The van der Waals surface area contributed by atoms with Gasteiger partial charge in [0, 0.05) is 12.1 Å². The molecule has 0 aromatic heterocycles. The molecule has 1 heterocycles. The number of ether oxygens (including phenoxy) is 3. The van der Waals surface area contributed by atoms with Gasteiger partial charge in [-0.3, -0.25) is 14.9 Å². The number of benzene rings is 2. The van der Waals surface area contributed by atoms with E-state index < -0.39 is 23.8 Å². The van der Waals surface area contributed by atoms with Gasteiger partial charge in [-0.1, -0.05) is 12.1 Å². The lowest BCUT2D eigenvalue weighted by atomic mass is 9.94. The summed E-state index contributed by atoms with van der Waals surface area (Å²) in [7, 11) is 4.51. The van der Waals surface area contributed by atoms with E-state index in [0.29, 0.717) is 28.5 Å². The van der Waals surface area contributed by atoms with Gasteiger partial charge < -0.3 is 14.2 Å². The lowest BCUT2D eigenvalue weighted by molar-refractivity contribution is -0.134. The van der Waals surface area contributed by atoms with Crippen LogP contribution in [0.1, 0.15) is 5.56 Å². The molecular weight excluding hydrogens is 364 g/mol. The number of anilines is 1. The molecule has 2 aromatic carbocycles. The van der Waals surface area contributed by atoms with Crippen molar-refractivity contribution in [1.82, 2.24) is 5.32 Å². The molecule has 0 spiro atoms. The van der Waals surface area contributed by atoms with Crippen molar-refractivity contribution in [2.45, 2.75) is 6.42 Å². The van der Waals surface area contributed by atoms with E-state index >= 15 is 0 Å². The van der Waals surface area contributed by atoms with Gasteiger partial charge in [-0.05, 0) is 30.2 Å². The van der Waals surface area contributed by atoms with Crippen LogP contribution in [0, 0.1) is 5.92 Å². The number of carbonyl (C=O) groups is 3. The minimum Gasteiger partial charge on any atom is -0.497 e. The minimum absolute atomic E-state index is 0.0750. The van der Waals surface area contributed by atoms with Gasteiger partial charge in [-0.15, -0.1) is 0 Å². The number of urea groups is 1. The van der Waals surface area contributed by atoms with Gasteiger partial charge in [-0.2, -0.15) is 0 Å². The van der Waals surface area contributed by atoms with E-state index in [4.69, 9.17) is 14.2 Å². The van der Waals surface area contributed by atoms with E-state index in [1.165, 1.54) is 21.3 Å². The molecule has 4 amide bonds. The summed E-state index contributed by atoms with van der Waals surface area (Å²) in [4.78, 5) is 38.6. The Labute approximate surface area is 162 Å². The number of hydrogen-bond donors (Lipinski definition) is 1. The SMILES string of the molecule is COc1cccc(N2C(=O)NC(=O)C(Cc3ccc(OC)cc3OC)C2=O)c1. The molecule has 28 heavy (non-hydrogen) atoms. The number of hydrogen-bond acceptors (Lipinski definition) is 6. The third-order valence-corrected chi connectivity index (χ3v) is 4.50. The summed E-state index contributed by atoms with van der Waals surface area (Å²) in [5, 5.41) is 2.25. The minimum atomic E-state index is -1.08. The fraction of sp³-hybridized carbons (Fsp3) is 0.250. The zero-order valence-corrected chi connectivity index (χ0v) is 15.7. The number of methoxy groups -OCH3 is 3. The van der Waals surface area contributed by atoms with E-state index in [1.807, 2.05) is 0 Å². The first-order chi connectivity index (χ1) is 13.5. The van der Waals surface area contributed by atoms with Gasteiger partial charge in [0.1, 0.15) is 23.2 Å². The summed E-state index contributed by atoms with van der Waals surface area (Å²) in [5.41, 5.74) is 0.970. The van der Waals surface area contributed by atoms with Crippen LogP contribution in [0.4, 0.5) is 10.5 Å². The van der Waals surface area contributed by atoms with E-state index in [2.05, 4.69) is 5.32 Å². The van der Waals surface area contributed by atoms with Crippen LogP contribution < -0.4 is 24.4 Å². The highest BCUT2D eigenvalue weighted by atomic mass is 16.5. The molecule has 1 aliphatic rings.